The van der Waals surface area contributed by atoms with Crippen molar-refractivity contribution in [3.63, 3.8) is 0 Å². The number of carbonyl (C=O) groups is 1. The summed E-state index contributed by atoms with van der Waals surface area (Å²) < 4.78 is 5.39. The van der Waals surface area contributed by atoms with Crippen molar-refractivity contribution in [1.82, 2.24) is 4.90 Å². The van der Waals surface area contributed by atoms with Gasteiger partial charge in [-0.05, 0) is 13.0 Å². The first kappa shape index (κ1) is 9.43. The van der Waals surface area contributed by atoms with Gasteiger partial charge in [0.25, 0.3) is 0 Å². The van der Waals surface area contributed by atoms with Gasteiger partial charge in [-0.15, -0.1) is 0 Å². The van der Waals surface area contributed by atoms with Crippen molar-refractivity contribution in [3.05, 3.63) is 23.2 Å². The molecule has 0 amide bonds. The first-order chi connectivity index (χ1) is 6.69. The van der Waals surface area contributed by atoms with Gasteiger partial charge in [0.2, 0.25) is 0 Å². The summed E-state index contributed by atoms with van der Waals surface area (Å²) in [6.07, 6.45) is 0.591. The van der Waals surface area contributed by atoms with Crippen molar-refractivity contribution >= 4 is 6.29 Å². The molecule has 0 bridgehead atoms. The number of hydrogen-bond donors (Lipinski definition) is 1. The summed E-state index contributed by atoms with van der Waals surface area (Å²) >= 11 is 0. The summed E-state index contributed by atoms with van der Waals surface area (Å²) in [5.74, 6) is 1.45. The van der Waals surface area contributed by atoms with Crippen LogP contribution in [0.3, 0.4) is 0 Å². The quantitative estimate of drug-likeness (QED) is 0.717. The van der Waals surface area contributed by atoms with Gasteiger partial charge >= 0.3 is 0 Å². The van der Waals surface area contributed by atoms with Gasteiger partial charge in [-0.3, -0.25) is 9.69 Å². The van der Waals surface area contributed by atoms with E-state index >= 15 is 0 Å². The molecule has 0 radical (unpaired) electrons. The Labute approximate surface area is 82.1 Å². The lowest BCUT2D eigenvalue weighted by atomic mass is 10.1. The number of rotatable bonds is 3. The molecule has 14 heavy (non-hydrogen) atoms. The number of furan rings is 1. The molecular formula is C10H13NO3. The van der Waals surface area contributed by atoms with Crippen LogP contribution in [0.25, 0.3) is 0 Å². The zero-order valence-electron chi connectivity index (χ0n) is 8.06. The number of hydrogen-bond acceptors (Lipinski definition) is 4. The molecule has 1 aromatic heterocycles. The molecule has 2 rings (SSSR count). The minimum Gasteiger partial charge on any atom is -0.464 e. The lowest BCUT2D eigenvalue weighted by Gasteiger charge is -2.35. The van der Waals surface area contributed by atoms with E-state index in [4.69, 9.17) is 9.52 Å². The lowest BCUT2D eigenvalue weighted by molar-refractivity contribution is -0.00645. The fourth-order valence-corrected chi connectivity index (χ4v) is 1.68. The van der Waals surface area contributed by atoms with E-state index in [2.05, 4.69) is 0 Å². The van der Waals surface area contributed by atoms with Crippen molar-refractivity contribution < 1.29 is 14.3 Å². The topological polar surface area (TPSA) is 53.7 Å². The van der Waals surface area contributed by atoms with Gasteiger partial charge in [-0.1, -0.05) is 0 Å². The smallest absolute Gasteiger partial charge is 0.153 e. The fraction of sp³-hybridized carbons (Fsp3) is 0.500. The molecule has 0 unspecified atom stereocenters. The zero-order chi connectivity index (χ0) is 10.1. The average Bonchev–Trinajstić information content (AvgIpc) is 2.43. The van der Waals surface area contributed by atoms with E-state index in [-0.39, 0.29) is 6.10 Å². The second kappa shape index (κ2) is 3.55. The van der Waals surface area contributed by atoms with E-state index in [1.54, 1.807) is 6.07 Å². The Morgan fingerprint density at radius 3 is 3.00 bits per heavy atom. The van der Waals surface area contributed by atoms with Gasteiger partial charge in [-0.2, -0.15) is 0 Å². The molecule has 0 aromatic carbocycles. The van der Waals surface area contributed by atoms with Gasteiger partial charge in [0.05, 0.1) is 18.2 Å². The summed E-state index contributed by atoms with van der Waals surface area (Å²) in [4.78, 5) is 12.7. The molecule has 1 aromatic rings. The third-order valence-electron chi connectivity index (χ3n) is 2.40. The average molecular weight is 195 g/mol. The first-order valence-electron chi connectivity index (χ1n) is 4.64. The van der Waals surface area contributed by atoms with E-state index in [1.165, 1.54) is 0 Å². The van der Waals surface area contributed by atoms with E-state index in [9.17, 15) is 4.79 Å². The molecule has 1 N–H and O–H groups in total. The highest BCUT2D eigenvalue weighted by Crippen LogP contribution is 2.18. The molecule has 2 heterocycles. The number of likely N-dealkylation sites (tertiary alicyclic amines) is 1. The molecule has 1 saturated heterocycles. The first-order valence-corrected chi connectivity index (χ1v) is 4.64. The van der Waals surface area contributed by atoms with E-state index < -0.39 is 0 Å². The molecule has 4 nitrogen and oxygen atoms in total. The van der Waals surface area contributed by atoms with Crippen molar-refractivity contribution in [2.24, 2.45) is 0 Å². The van der Waals surface area contributed by atoms with Crippen LogP contribution in [0.1, 0.15) is 21.9 Å². The summed E-state index contributed by atoms with van der Waals surface area (Å²) in [7, 11) is 0. The second-order valence-corrected chi connectivity index (χ2v) is 3.70. The second-order valence-electron chi connectivity index (χ2n) is 3.70. The molecular weight excluding hydrogens is 182 g/mol. The maximum atomic E-state index is 10.7. The maximum absolute atomic E-state index is 10.7. The Morgan fingerprint density at radius 1 is 1.71 bits per heavy atom. The highest BCUT2D eigenvalue weighted by atomic mass is 16.3. The standard InChI is InChI=1S/C10H13NO3/c1-7-2-8(6-12)10(14-7)5-11-3-9(13)4-11/h2,6,9,13H,3-5H2,1H3. The Morgan fingerprint density at radius 2 is 2.43 bits per heavy atom. The summed E-state index contributed by atoms with van der Waals surface area (Å²) in [6.45, 7) is 3.76. The van der Waals surface area contributed by atoms with Crippen LogP contribution in [0.4, 0.5) is 0 Å². The molecule has 1 fully saturated rings. The monoisotopic (exact) mass is 195 g/mol. The van der Waals surface area contributed by atoms with Crippen LogP contribution < -0.4 is 0 Å². The number of carbonyl (C=O) groups excluding carboxylic acids is 1. The number of aliphatic hydroxyl groups excluding tert-OH is 1. The van der Waals surface area contributed by atoms with Gasteiger partial charge in [0.15, 0.2) is 6.29 Å². The van der Waals surface area contributed by atoms with Crippen LogP contribution in [0.15, 0.2) is 10.5 Å². The summed E-state index contributed by atoms with van der Waals surface area (Å²) in [6, 6.07) is 1.73. The van der Waals surface area contributed by atoms with Crippen LogP contribution in [0.2, 0.25) is 0 Å². The minimum atomic E-state index is -0.217. The van der Waals surface area contributed by atoms with Crippen molar-refractivity contribution in [2.45, 2.75) is 19.6 Å². The van der Waals surface area contributed by atoms with Crippen LogP contribution in [0.5, 0.6) is 0 Å². The highest BCUT2D eigenvalue weighted by molar-refractivity contribution is 5.76. The molecule has 0 spiro atoms. The molecule has 76 valence electrons. The number of aliphatic hydroxyl groups is 1. The van der Waals surface area contributed by atoms with E-state index in [0.717, 1.165) is 12.0 Å². The van der Waals surface area contributed by atoms with Gasteiger partial charge < -0.3 is 9.52 Å². The molecule has 0 atom stereocenters. The van der Waals surface area contributed by atoms with Gasteiger partial charge in [0, 0.05) is 13.1 Å². The predicted molar refractivity (Wildman–Crippen MR) is 50.1 cm³/mol. The van der Waals surface area contributed by atoms with Crippen LogP contribution in [-0.4, -0.2) is 35.5 Å². The molecule has 4 heteroatoms. The molecule has 0 aliphatic carbocycles. The van der Waals surface area contributed by atoms with Crippen LogP contribution in [-0.2, 0) is 6.54 Å². The lowest BCUT2D eigenvalue weighted by Crippen LogP contribution is -2.49. The zero-order valence-corrected chi connectivity index (χ0v) is 8.06. The van der Waals surface area contributed by atoms with Gasteiger partial charge in [0.1, 0.15) is 11.5 Å². The highest BCUT2D eigenvalue weighted by Gasteiger charge is 2.25. The third kappa shape index (κ3) is 1.71. The summed E-state index contributed by atoms with van der Waals surface area (Å²) in [5, 5.41) is 9.09. The number of nitrogens with zero attached hydrogens (tertiary/aromatic N) is 1. The normalized spacial score (nSPS) is 18.1. The van der Waals surface area contributed by atoms with E-state index in [0.29, 0.717) is 31.0 Å². The Hall–Kier alpha value is -1.13. The van der Waals surface area contributed by atoms with Crippen LogP contribution in [0, 0.1) is 6.92 Å². The number of aldehydes is 1. The largest absolute Gasteiger partial charge is 0.464 e. The third-order valence-corrected chi connectivity index (χ3v) is 2.40. The predicted octanol–water partition coefficient (Wildman–Crippen LogP) is 0.577. The van der Waals surface area contributed by atoms with Crippen LogP contribution >= 0.6 is 0 Å². The van der Waals surface area contributed by atoms with Crippen molar-refractivity contribution in [3.8, 4) is 0 Å². The van der Waals surface area contributed by atoms with E-state index in [1.807, 2.05) is 11.8 Å². The minimum absolute atomic E-state index is 0.217. The molecule has 0 saturated carbocycles. The summed E-state index contributed by atoms with van der Waals surface area (Å²) in [5.41, 5.74) is 0.615. The maximum Gasteiger partial charge on any atom is 0.153 e. The Bertz CT molecular complexity index is 339. The molecule has 1 aliphatic heterocycles. The van der Waals surface area contributed by atoms with Crippen molar-refractivity contribution in [2.75, 3.05) is 13.1 Å². The van der Waals surface area contributed by atoms with Crippen molar-refractivity contribution in [1.29, 1.82) is 0 Å². The Kier molecular flexibility index (Phi) is 2.39. The van der Waals surface area contributed by atoms with Gasteiger partial charge in [-0.25, -0.2) is 0 Å². The fourth-order valence-electron chi connectivity index (χ4n) is 1.68. The Balaban J connectivity index is 2.04. The number of aryl methyl sites for hydroxylation is 1. The number of β-amino-alcohol motifs (C(OH)–C–C–N with tert-alkyl or cyclic N) is 1. The SMILES string of the molecule is Cc1cc(C=O)c(CN2CC(O)C2)o1. The molecule has 1 aliphatic rings.